The fraction of sp³-hybridized carbons (Fsp3) is 0.417. The Balaban J connectivity index is 0.00000162. The summed E-state index contributed by atoms with van der Waals surface area (Å²) in [5.41, 5.74) is 0.363. The summed E-state index contributed by atoms with van der Waals surface area (Å²) in [6.45, 7) is 4.16. The number of hydrogen-bond acceptors (Lipinski definition) is 2. The van der Waals surface area contributed by atoms with Crippen molar-refractivity contribution < 1.29 is 9.18 Å². The highest BCUT2D eigenvalue weighted by Crippen LogP contribution is 2.20. The third-order valence-electron chi connectivity index (χ3n) is 2.92. The maximum absolute atomic E-state index is 12.9. The largest absolute Gasteiger partial charge is 0.333 e. The quantitative estimate of drug-likeness (QED) is 0.862. The zero-order valence-corrected chi connectivity index (χ0v) is 11.5. The lowest BCUT2D eigenvalue weighted by atomic mass is 10.1. The van der Waals surface area contributed by atoms with Gasteiger partial charge in [-0.05, 0) is 25.1 Å². The van der Waals surface area contributed by atoms with E-state index in [1.807, 2.05) is 6.92 Å². The van der Waals surface area contributed by atoms with E-state index in [-0.39, 0.29) is 29.4 Å². The van der Waals surface area contributed by atoms with Gasteiger partial charge in [-0.15, -0.1) is 12.4 Å². The fourth-order valence-electron chi connectivity index (χ4n) is 1.96. The smallest absolute Gasteiger partial charge is 0.255 e. The van der Waals surface area contributed by atoms with Crippen LogP contribution in [0.2, 0.25) is 5.02 Å². The molecule has 18 heavy (non-hydrogen) atoms. The summed E-state index contributed by atoms with van der Waals surface area (Å²) in [5.74, 6) is -0.566. The number of benzene rings is 1. The summed E-state index contributed by atoms with van der Waals surface area (Å²) >= 11 is 5.89. The first-order chi connectivity index (χ1) is 8.09. The molecule has 1 N–H and O–H groups in total. The van der Waals surface area contributed by atoms with Gasteiger partial charge in [0.15, 0.2) is 0 Å². The average Bonchev–Trinajstić information content (AvgIpc) is 2.29. The topological polar surface area (TPSA) is 32.3 Å². The molecule has 1 saturated heterocycles. The van der Waals surface area contributed by atoms with E-state index in [2.05, 4.69) is 5.32 Å². The van der Waals surface area contributed by atoms with E-state index >= 15 is 0 Å². The van der Waals surface area contributed by atoms with Crippen LogP contribution < -0.4 is 5.32 Å². The van der Waals surface area contributed by atoms with Gasteiger partial charge < -0.3 is 10.2 Å². The van der Waals surface area contributed by atoms with Gasteiger partial charge >= 0.3 is 0 Å². The van der Waals surface area contributed by atoms with Gasteiger partial charge in [-0.25, -0.2) is 4.39 Å². The van der Waals surface area contributed by atoms with Crippen molar-refractivity contribution in [2.45, 2.75) is 13.0 Å². The van der Waals surface area contributed by atoms with Crippen LogP contribution in [0.5, 0.6) is 0 Å². The molecule has 0 saturated carbocycles. The molecule has 1 amide bonds. The molecule has 1 heterocycles. The average molecular weight is 293 g/mol. The fourth-order valence-corrected chi connectivity index (χ4v) is 2.21. The summed E-state index contributed by atoms with van der Waals surface area (Å²) < 4.78 is 12.9. The third-order valence-corrected chi connectivity index (χ3v) is 3.24. The molecule has 0 aliphatic carbocycles. The maximum Gasteiger partial charge on any atom is 0.255 e. The molecule has 1 aromatic rings. The Morgan fingerprint density at radius 2 is 2.28 bits per heavy atom. The minimum atomic E-state index is -0.431. The molecule has 1 aliphatic heterocycles. The van der Waals surface area contributed by atoms with E-state index < -0.39 is 5.82 Å². The molecular formula is C12H15Cl2FN2O. The van der Waals surface area contributed by atoms with E-state index in [1.165, 1.54) is 18.2 Å². The van der Waals surface area contributed by atoms with Gasteiger partial charge in [-0.2, -0.15) is 0 Å². The first-order valence-corrected chi connectivity index (χ1v) is 5.94. The van der Waals surface area contributed by atoms with Gasteiger partial charge in [0.2, 0.25) is 0 Å². The Morgan fingerprint density at radius 1 is 1.56 bits per heavy atom. The highest BCUT2D eigenvalue weighted by Gasteiger charge is 2.25. The van der Waals surface area contributed by atoms with Crippen molar-refractivity contribution in [3.63, 3.8) is 0 Å². The van der Waals surface area contributed by atoms with Crippen LogP contribution >= 0.6 is 24.0 Å². The van der Waals surface area contributed by atoms with Crippen molar-refractivity contribution in [1.29, 1.82) is 0 Å². The van der Waals surface area contributed by atoms with Crippen LogP contribution in [-0.2, 0) is 0 Å². The standard InChI is InChI=1S/C12H14ClFN2O.ClH/c1-8-7-15-4-5-16(8)12(17)10-3-2-9(14)6-11(10)13;/h2-3,6,8,15H,4-5,7H2,1H3;1H/t8-;/m1./s1. The summed E-state index contributed by atoms with van der Waals surface area (Å²) in [5, 5.41) is 3.38. The van der Waals surface area contributed by atoms with Crippen LogP contribution in [0, 0.1) is 5.82 Å². The van der Waals surface area contributed by atoms with Crippen molar-refractivity contribution in [1.82, 2.24) is 10.2 Å². The van der Waals surface area contributed by atoms with Gasteiger partial charge in [0, 0.05) is 25.7 Å². The van der Waals surface area contributed by atoms with Gasteiger partial charge in [0.25, 0.3) is 5.91 Å². The summed E-state index contributed by atoms with van der Waals surface area (Å²) in [4.78, 5) is 14.0. The van der Waals surface area contributed by atoms with Crippen LogP contribution in [0.25, 0.3) is 0 Å². The Labute approximate surface area is 117 Å². The highest BCUT2D eigenvalue weighted by atomic mass is 35.5. The van der Waals surface area contributed by atoms with Gasteiger partial charge in [0.05, 0.1) is 10.6 Å². The van der Waals surface area contributed by atoms with E-state index in [4.69, 9.17) is 11.6 Å². The van der Waals surface area contributed by atoms with Gasteiger partial charge in [-0.1, -0.05) is 11.6 Å². The van der Waals surface area contributed by atoms with Crippen LogP contribution in [0.1, 0.15) is 17.3 Å². The van der Waals surface area contributed by atoms with Crippen molar-refractivity contribution in [2.75, 3.05) is 19.6 Å². The number of carbonyl (C=O) groups is 1. The number of amides is 1. The molecule has 1 atom stereocenters. The Bertz CT molecular complexity index is 442. The lowest BCUT2D eigenvalue weighted by Crippen LogP contribution is -2.52. The van der Waals surface area contributed by atoms with Crippen molar-refractivity contribution in [3.8, 4) is 0 Å². The zero-order valence-electron chi connectivity index (χ0n) is 9.95. The van der Waals surface area contributed by atoms with Crippen molar-refractivity contribution in [2.24, 2.45) is 0 Å². The SMILES string of the molecule is C[C@@H]1CNCCN1C(=O)c1ccc(F)cc1Cl.Cl. The lowest BCUT2D eigenvalue weighted by molar-refractivity contribution is 0.0656. The predicted molar refractivity (Wildman–Crippen MR) is 72.0 cm³/mol. The minimum Gasteiger partial charge on any atom is -0.333 e. The highest BCUT2D eigenvalue weighted by molar-refractivity contribution is 6.33. The molecule has 3 nitrogen and oxygen atoms in total. The Morgan fingerprint density at radius 3 is 2.89 bits per heavy atom. The zero-order chi connectivity index (χ0) is 12.4. The number of rotatable bonds is 1. The van der Waals surface area contributed by atoms with E-state index in [1.54, 1.807) is 4.90 Å². The van der Waals surface area contributed by atoms with Crippen molar-refractivity contribution in [3.05, 3.63) is 34.6 Å². The first kappa shape index (κ1) is 15.2. The molecule has 6 heteroatoms. The number of piperazine rings is 1. The number of nitrogens with one attached hydrogen (secondary N) is 1. The van der Waals surface area contributed by atoms with Crippen LogP contribution in [0.4, 0.5) is 4.39 Å². The Hall–Kier alpha value is -0.840. The molecule has 1 fully saturated rings. The number of halogens is 3. The maximum atomic E-state index is 12.9. The molecular weight excluding hydrogens is 278 g/mol. The second kappa shape index (κ2) is 6.36. The monoisotopic (exact) mass is 292 g/mol. The summed E-state index contributed by atoms with van der Waals surface area (Å²) in [7, 11) is 0. The van der Waals surface area contributed by atoms with E-state index in [0.717, 1.165) is 13.1 Å². The second-order valence-corrected chi connectivity index (χ2v) is 4.58. The lowest BCUT2D eigenvalue weighted by Gasteiger charge is -2.34. The van der Waals surface area contributed by atoms with Gasteiger partial charge in [-0.3, -0.25) is 4.79 Å². The molecule has 0 spiro atoms. The first-order valence-electron chi connectivity index (χ1n) is 5.56. The number of carbonyl (C=O) groups excluding carboxylic acids is 1. The second-order valence-electron chi connectivity index (χ2n) is 4.18. The predicted octanol–water partition coefficient (Wildman–Crippen LogP) is 2.33. The third kappa shape index (κ3) is 3.13. The molecule has 0 bridgehead atoms. The number of hydrogen-bond donors (Lipinski definition) is 1. The molecule has 1 aliphatic rings. The van der Waals surface area contributed by atoms with Crippen molar-refractivity contribution >= 4 is 29.9 Å². The number of nitrogens with zero attached hydrogens (tertiary/aromatic N) is 1. The summed E-state index contributed by atoms with van der Waals surface area (Å²) in [6, 6.07) is 3.99. The van der Waals surface area contributed by atoms with E-state index in [9.17, 15) is 9.18 Å². The molecule has 0 unspecified atom stereocenters. The summed E-state index contributed by atoms with van der Waals surface area (Å²) in [6.07, 6.45) is 0. The molecule has 0 radical (unpaired) electrons. The van der Waals surface area contributed by atoms with Crippen LogP contribution in [0.15, 0.2) is 18.2 Å². The van der Waals surface area contributed by atoms with E-state index in [0.29, 0.717) is 12.1 Å². The van der Waals surface area contributed by atoms with Crippen LogP contribution in [0.3, 0.4) is 0 Å². The molecule has 2 rings (SSSR count). The minimum absolute atomic E-state index is 0. The van der Waals surface area contributed by atoms with Crippen LogP contribution in [-0.4, -0.2) is 36.5 Å². The molecule has 1 aromatic carbocycles. The Kier molecular flexibility index (Phi) is 5.38. The van der Waals surface area contributed by atoms with Gasteiger partial charge in [0.1, 0.15) is 5.82 Å². The molecule has 0 aromatic heterocycles. The molecule has 100 valence electrons. The normalized spacial score (nSPS) is 19.3.